The number of carbonyl (C=O) groups is 3. The molecule has 0 aromatic rings. The van der Waals surface area contributed by atoms with Gasteiger partial charge in [0.25, 0.3) is 0 Å². The zero-order valence-corrected chi connectivity index (χ0v) is 10.2. The lowest BCUT2D eigenvalue weighted by Gasteiger charge is -2.23. The standard InChI is InChI=1S/C12H16O5/c1-4-17-11(15)8(2)10(14)12(9(3)13)5-6-16-7-12/h5-6,8H,4,7H2,1-3H3. The second kappa shape index (κ2) is 5.12. The van der Waals surface area contributed by atoms with E-state index >= 15 is 0 Å². The van der Waals surface area contributed by atoms with E-state index in [4.69, 9.17) is 9.47 Å². The lowest BCUT2D eigenvalue weighted by Crippen LogP contribution is -2.43. The summed E-state index contributed by atoms with van der Waals surface area (Å²) < 4.78 is 9.73. The fraction of sp³-hybridized carbons (Fsp3) is 0.583. The first-order valence-electron chi connectivity index (χ1n) is 5.47. The van der Waals surface area contributed by atoms with E-state index in [0.717, 1.165) is 0 Å². The van der Waals surface area contributed by atoms with Crippen LogP contribution in [0.4, 0.5) is 0 Å². The molecule has 0 fully saturated rings. The maximum absolute atomic E-state index is 12.2. The monoisotopic (exact) mass is 240 g/mol. The summed E-state index contributed by atoms with van der Waals surface area (Å²) in [6.07, 6.45) is 2.73. The quantitative estimate of drug-likeness (QED) is 0.527. The lowest BCUT2D eigenvalue weighted by molar-refractivity contribution is -0.154. The molecule has 2 unspecified atom stereocenters. The Morgan fingerprint density at radius 3 is 2.53 bits per heavy atom. The van der Waals surface area contributed by atoms with Crippen LogP contribution in [0.2, 0.25) is 0 Å². The van der Waals surface area contributed by atoms with Crippen LogP contribution in [-0.2, 0) is 23.9 Å². The summed E-state index contributed by atoms with van der Waals surface area (Å²) in [4.78, 5) is 35.2. The molecule has 94 valence electrons. The van der Waals surface area contributed by atoms with Crippen molar-refractivity contribution in [1.29, 1.82) is 0 Å². The minimum Gasteiger partial charge on any atom is -0.500 e. The number of hydrogen-bond donors (Lipinski definition) is 0. The average molecular weight is 240 g/mol. The molecule has 0 amide bonds. The Balaban J connectivity index is 2.90. The van der Waals surface area contributed by atoms with Crippen LogP contribution in [0.25, 0.3) is 0 Å². The third-order valence-electron chi connectivity index (χ3n) is 2.86. The van der Waals surface area contributed by atoms with Gasteiger partial charge < -0.3 is 9.47 Å². The van der Waals surface area contributed by atoms with Crippen molar-refractivity contribution in [3.8, 4) is 0 Å². The van der Waals surface area contributed by atoms with E-state index in [0.29, 0.717) is 0 Å². The van der Waals surface area contributed by atoms with Gasteiger partial charge in [0.05, 0.1) is 12.9 Å². The minimum absolute atomic E-state index is 0.0368. The molecule has 1 rings (SSSR count). The number of Topliss-reactive ketones (excluding diaryl/α,β-unsaturated/α-hetero) is 2. The van der Waals surface area contributed by atoms with E-state index in [1.165, 1.54) is 26.2 Å². The van der Waals surface area contributed by atoms with Crippen LogP contribution in [0.1, 0.15) is 20.8 Å². The van der Waals surface area contributed by atoms with E-state index < -0.39 is 23.1 Å². The number of ether oxygens (including phenoxy) is 2. The van der Waals surface area contributed by atoms with Crippen molar-refractivity contribution in [2.45, 2.75) is 20.8 Å². The van der Waals surface area contributed by atoms with Crippen LogP contribution in [0.15, 0.2) is 12.3 Å². The van der Waals surface area contributed by atoms with Gasteiger partial charge in [-0.25, -0.2) is 0 Å². The molecule has 5 heteroatoms. The highest BCUT2D eigenvalue weighted by atomic mass is 16.5. The first-order chi connectivity index (χ1) is 7.95. The van der Waals surface area contributed by atoms with Gasteiger partial charge in [-0.1, -0.05) is 0 Å². The molecule has 0 radical (unpaired) electrons. The predicted octanol–water partition coefficient (Wildman–Crippen LogP) is 0.874. The van der Waals surface area contributed by atoms with Crippen LogP contribution in [0.5, 0.6) is 0 Å². The van der Waals surface area contributed by atoms with E-state index in [9.17, 15) is 14.4 Å². The molecular weight excluding hydrogens is 224 g/mol. The van der Waals surface area contributed by atoms with Crippen molar-refractivity contribution >= 4 is 17.5 Å². The Kier molecular flexibility index (Phi) is 4.04. The first-order valence-corrected chi connectivity index (χ1v) is 5.47. The lowest BCUT2D eigenvalue weighted by atomic mass is 9.76. The third kappa shape index (κ3) is 2.38. The number of esters is 1. The van der Waals surface area contributed by atoms with Crippen molar-refractivity contribution in [1.82, 2.24) is 0 Å². The summed E-state index contributed by atoms with van der Waals surface area (Å²) in [6, 6.07) is 0. The second-order valence-electron chi connectivity index (χ2n) is 3.98. The van der Waals surface area contributed by atoms with Crippen LogP contribution in [0.3, 0.4) is 0 Å². The van der Waals surface area contributed by atoms with E-state index in [2.05, 4.69) is 0 Å². The molecular formula is C12H16O5. The number of hydrogen-bond acceptors (Lipinski definition) is 5. The largest absolute Gasteiger partial charge is 0.500 e. The minimum atomic E-state index is -1.33. The summed E-state index contributed by atoms with van der Waals surface area (Å²) in [7, 11) is 0. The summed E-state index contributed by atoms with van der Waals surface area (Å²) >= 11 is 0. The molecule has 1 heterocycles. The van der Waals surface area contributed by atoms with E-state index in [-0.39, 0.29) is 19.0 Å². The van der Waals surface area contributed by atoms with Gasteiger partial charge in [0.15, 0.2) is 11.6 Å². The van der Waals surface area contributed by atoms with E-state index in [1.807, 2.05) is 0 Å². The molecule has 17 heavy (non-hydrogen) atoms. The molecule has 0 aromatic carbocycles. The second-order valence-corrected chi connectivity index (χ2v) is 3.98. The van der Waals surface area contributed by atoms with Crippen molar-refractivity contribution in [3.05, 3.63) is 12.3 Å². The molecule has 2 atom stereocenters. The van der Waals surface area contributed by atoms with Gasteiger partial charge in [0, 0.05) is 0 Å². The number of rotatable bonds is 5. The Hall–Kier alpha value is -1.65. The highest BCUT2D eigenvalue weighted by Gasteiger charge is 2.47. The van der Waals surface area contributed by atoms with Crippen LogP contribution < -0.4 is 0 Å². The van der Waals surface area contributed by atoms with Gasteiger partial charge in [-0.2, -0.15) is 0 Å². The van der Waals surface area contributed by atoms with Crippen molar-refractivity contribution in [3.63, 3.8) is 0 Å². The third-order valence-corrected chi connectivity index (χ3v) is 2.86. The maximum Gasteiger partial charge on any atom is 0.316 e. The van der Waals surface area contributed by atoms with Crippen molar-refractivity contribution < 1.29 is 23.9 Å². The van der Waals surface area contributed by atoms with Gasteiger partial charge in [-0.15, -0.1) is 0 Å². The fourth-order valence-corrected chi connectivity index (χ4v) is 1.70. The molecule has 0 aliphatic carbocycles. The Morgan fingerprint density at radius 1 is 1.47 bits per heavy atom. The van der Waals surface area contributed by atoms with Gasteiger partial charge in [0.1, 0.15) is 17.9 Å². The number of carbonyl (C=O) groups excluding carboxylic acids is 3. The molecule has 0 N–H and O–H groups in total. The highest BCUT2D eigenvalue weighted by molar-refractivity contribution is 6.14. The molecule has 0 aromatic heterocycles. The molecule has 0 spiro atoms. The van der Waals surface area contributed by atoms with Crippen LogP contribution >= 0.6 is 0 Å². The zero-order valence-electron chi connectivity index (χ0n) is 10.2. The smallest absolute Gasteiger partial charge is 0.316 e. The summed E-state index contributed by atoms with van der Waals surface area (Å²) in [5.41, 5.74) is -1.33. The average Bonchev–Trinajstić information content (AvgIpc) is 2.77. The summed E-state index contributed by atoms with van der Waals surface area (Å²) in [5, 5.41) is 0. The molecule has 1 aliphatic heterocycles. The SMILES string of the molecule is CCOC(=O)C(C)C(=O)C1(C(C)=O)C=COC1. The number of ketones is 2. The zero-order chi connectivity index (χ0) is 13.1. The Morgan fingerprint density at radius 2 is 2.12 bits per heavy atom. The molecule has 0 saturated carbocycles. The van der Waals surface area contributed by atoms with Crippen LogP contribution in [0, 0.1) is 11.3 Å². The van der Waals surface area contributed by atoms with E-state index in [1.54, 1.807) is 6.92 Å². The van der Waals surface area contributed by atoms with Gasteiger partial charge in [-0.3, -0.25) is 14.4 Å². The molecule has 0 saturated heterocycles. The normalized spacial score (nSPS) is 23.9. The predicted molar refractivity (Wildman–Crippen MR) is 59.0 cm³/mol. The van der Waals surface area contributed by atoms with Gasteiger partial charge in [-0.05, 0) is 26.8 Å². The summed E-state index contributed by atoms with van der Waals surface area (Å²) in [6.45, 7) is 4.58. The first kappa shape index (κ1) is 13.4. The highest BCUT2D eigenvalue weighted by Crippen LogP contribution is 2.31. The molecule has 0 bridgehead atoms. The van der Waals surface area contributed by atoms with Gasteiger partial charge >= 0.3 is 5.97 Å². The maximum atomic E-state index is 12.2. The summed E-state index contributed by atoms with van der Waals surface area (Å²) in [5.74, 6) is -2.38. The Labute approximate surface area is 99.8 Å². The Bertz CT molecular complexity index is 371. The van der Waals surface area contributed by atoms with Gasteiger partial charge in [0.2, 0.25) is 0 Å². The molecule has 1 aliphatic rings. The topological polar surface area (TPSA) is 69.7 Å². The van der Waals surface area contributed by atoms with Crippen LogP contribution in [-0.4, -0.2) is 30.7 Å². The van der Waals surface area contributed by atoms with Crippen molar-refractivity contribution in [2.24, 2.45) is 11.3 Å². The molecule has 5 nitrogen and oxygen atoms in total. The van der Waals surface area contributed by atoms with Crippen molar-refractivity contribution in [2.75, 3.05) is 13.2 Å². The fourth-order valence-electron chi connectivity index (χ4n) is 1.70.